The number of benzene rings is 2. The third-order valence-corrected chi connectivity index (χ3v) is 8.80. The normalized spacial score (nSPS) is 24.0. The molecule has 222 valence electrons. The summed E-state index contributed by atoms with van der Waals surface area (Å²) in [5.74, 6) is -2.02. The van der Waals surface area contributed by atoms with Crippen LogP contribution in [0.4, 0.5) is 20.3 Å². The second-order valence-electron chi connectivity index (χ2n) is 11.5. The number of anilines is 2. The third kappa shape index (κ3) is 4.75. The summed E-state index contributed by atoms with van der Waals surface area (Å²) in [4.78, 5) is 46.0. The first kappa shape index (κ1) is 27.6. The summed E-state index contributed by atoms with van der Waals surface area (Å²) in [5, 5.41) is 8.93. The zero-order valence-electron chi connectivity index (χ0n) is 23.1. The Hall–Kier alpha value is -4.26. The van der Waals surface area contributed by atoms with Gasteiger partial charge in [-0.2, -0.15) is 0 Å². The number of hydrogen-bond donors (Lipinski definition) is 3. The predicted molar refractivity (Wildman–Crippen MR) is 150 cm³/mol. The first-order valence-corrected chi connectivity index (χ1v) is 14.1. The maximum absolute atomic E-state index is 14.2. The molecule has 0 unspecified atom stereocenters. The van der Waals surface area contributed by atoms with Crippen molar-refractivity contribution in [3.8, 4) is 0 Å². The van der Waals surface area contributed by atoms with Crippen molar-refractivity contribution in [2.75, 3.05) is 50.2 Å². The lowest BCUT2D eigenvalue weighted by molar-refractivity contribution is -0.151. The van der Waals surface area contributed by atoms with Gasteiger partial charge in [-0.1, -0.05) is 12.1 Å². The van der Waals surface area contributed by atoms with Gasteiger partial charge in [0.2, 0.25) is 17.7 Å². The summed E-state index contributed by atoms with van der Waals surface area (Å²) in [7, 11) is 0. The minimum atomic E-state index is -1.23. The second-order valence-corrected chi connectivity index (χ2v) is 11.5. The minimum Gasteiger partial charge on any atom is -0.376 e. The fourth-order valence-electron chi connectivity index (χ4n) is 6.72. The predicted octanol–water partition coefficient (Wildman–Crippen LogP) is 2.25. The van der Waals surface area contributed by atoms with Gasteiger partial charge in [-0.05, 0) is 59.9 Å². The number of carbonyl (C=O) groups is 3. The number of halogens is 2. The van der Waals surface area contributed by atoms with E-state index in [2.05, 4.69) is 20.9 Å². The van der Waals surface area contributed by atoms with Crippen LogP contribution in [-0.2, 0) is 42.1 Å². The summed E-state index contributed by atoms with van der Waals surface area (Å²) in [6.07, 6.45) is 2.63. The van der Waals surface area contributed by atoms with Crippen molar-refractivity contribution in [2.24, 2.45) is 0 Å². The average Bonchev–Trinajstić information content (AvgIpc) is 3.37. The van der Waals surface area contributed by atoms with E-state index >= 15 is 0 Å². The lowest BCUT2D eigenvalue weighted by atomic mass is 9.79. The lowest BCUT2D eigenvalue weighted by Gasteiger charge is -2.45. The van der Waals surface area contributed by atoms with E-state index in [-0.39, 0.29) is 37.8 Å². The quantitative estimate of drug-likeness (QED) is 0.427. The largest absolute Gasteiger partial charge is 0.376 e. The van der Waals surface area contributed by atoms with Crippen LogP contribution >= 0.6 is 0 Å². The molecule has 7 rings (SSSR count). The highest BCUT2D eigenvalue weighted by Crippen LogP contribution is 2.47. The first-order chi connectivity index (χ1) is 20.8. The average molecular weight is 590 g/mol. The Balaban J connectivity index is 1.13. The molecule has 1 aliphatic carbocycles. The maximum atomic E-state index is 14.2. The molecule has 0 saturated carbocycles. The van der Waals surface area contributed by atoms with E-state index in [1.165, 1.54) is 4.90 Å². The van der Waals surface area contributed by atoms with Gasteiger partial charge in [0.25, 0.3) is 0 Å². The first-order valence-electron chi connectivity index (χ1n) is 14.1. The van der Waals surface area contributed by atoms with Crippen LogP contribution in [0.3, 0.4) is 0 Å². The van der Waals surface area contributed by atoms with Gasteiger partial charge in [-0.3, -0.25) is 19.7 Å². The van der Waals surface area contributed by atoms with Gasteiger partial charge in [0.1, 0.15) is 29.5 Å². The highest BCUT2D eigenvalue weighted by molar-refractivity contribution is 6.06. The topological polar surface area (TPSA) is 122 Å². The van der Waals surface area contributed by atoms with Crippen LogP contribution in [0, 0.1) is 11.6 Å². The Bertz CT molecular complexity index is 1620. The van der Waals surface area contributed by atoms with Crippen LogP contribution in [-0.4, -0.2) is 72.7 Å². The van der Waals surface area contributed by atoms with E-state index < -0.39 is 40.4 Å². The Morgan fingerprint density at radius 2 is 1.77 bits per heavy atom. The summed E-state index contributed by atoms with van der Waals surface area (Å²) in [6.45, 7) is 0.472. The molecule has 3 aliphatic heterocycles. The second kappa shape index (κ2) is 10.5. The number of pyridine rings is 1. The van der Waals surface area contributed by atoms with E-state index in [4.69, 9.17) is 9.47 Å². The van der Waals surface area contributed by atoms with Gasteiger partial charge in [0.05, 0.1) is 37.9 Å². The molecule has 3 amide bonds. The summed E-state index contributed by atoms with van der Waals surface area (Å²) >= 11 is 0. The van der Waals surface area contributed by atoms with E-state index in [1.54, 1.807) is 12.3 Å². The summed E-state index contributed by atoms with van der Waals surface area (Å²) in [5.41, 5.74) is 1.56. The smallest absolute Gasteiger partial charge is 0.248 e. The number of hydrogen-bond acceptors (Lipinski definition) is 7. The van der Waals surface area contributed by atoms with Crippen LogP contribution in [0.25, 0.3) is 0 Å². The SMILES string of the molecule is O=C(CN1C(=O)C2(COCCOC2)NC[C@H]1c1cc(F)cc(F)c1)Nc1ccc2c(c1)C[C@]1(C2)C(=O)Nc2ncccc21. The molecule has 12 heteroatoms. The van der Waals surface area contributed by atoms with E-state index in [1.807, 2.05) is 24.3 Å². The fraction of sp³-hybridized carbons (Fsp3) is 0.355. The Kier molecular flexibility index (Phi) is 6.71. The van der Waals surface area contributed by atoms with Crippen LogP contribution < -0.4 is 16.0 Å². The number of carbonyl (C=O) groups excluding carboxylic acids is 3. The van der Waals surface area contributed by atoms with E-state index in [9.17, 15) is 23.2 Å². The van der Waals surface area contributed by atoms with Gasteiger partial charge < -0.3 is 25.0 Å². The zero-order chi connectivity index (χ0) is 29.8. The number of ether oxygens (including phenoxy) is 2. The zero-order valence-corrected chi connectivity index (χ0v) is 23.1. The summed E-state index contributed by atoms with van der Waals surface area (Å²) in [6, 6.07) is 11.5. The maximum Gasteiger partial charge on any atom is 0.248 e. The molecule has 10 nitrogen and oxygen atoms in total. The van der Waals surface area contributed by atoms with Crippen molar-refractivity contribution < 1.29 is 32.6 Å². The molecular weight excluding hydrogens is 560 g/mol. The van der Waals surface area contributed by atoms with Crippen LogP contribution in [0.15, 0.2) is 54.7 Å². The minimum absolute atomic E-state index is 0.0347. The molecule has 4 aliphatic rings. The molecule has 2 fully saturated rings. The molecule has 2 aromatic carbocycles. The van der Waals surface area contributed by atoms with Crippen LogP contribution in [0.1, 0.15) is 28.3 Å². The van der Waals surface area contributed by atoms with Crippen molar-refractivity contribution in [1.29, 1.82) is 0 Å². The highest BCUT2D eigenvalue weighted by Gasteiger charge is 2.51. The van der Waals surface area contributed by atoms with Crippen molar-refractivity contribution in [2.45, 2.75) is 29.8 Å². The number of piperazine rings is 1. The molecule has 2 atom stereocenters. The molecule has 43 heavy (non-hydrogen) atoms. The van der Waals surface area contributed by atoms with Gasteiger partial charge in [-0.25, -0.2) is 13.8 Å². The van der Waals surface area contributed by atoms with Crippen molar-refractivity contribution in [1.82, 2.24) is 15.2 Å². The number of nitrogens with one attached hydrogen (secondary N) is 3. The van der Waals surface area contributed by atoms with Gasteiger partial charge in [-0.15, -0.1) is 0 Å². The molecule has 3 aromatic rings. The molecule has 0 bridgehead atoms. The van der Waals surface area contributed by atoms with Crippen LogP contribution in [0.5, 0.6) is 0 Å². The Morgan fingerprint density at radius 3 is 2.53 bits per heavy atom. The van der Waals surface area contributed by atoms with Gasteiger partial charge in [0.15, 0.2) is 0 Å². The Labute approximate surface area is 245 Å². The highest BCUT2D eigenvalue weighted by atomic mass is 19.1. The van der Waals surface area contributed by atoms with Crippen molar-refractivity contribution in [3.63, 3.8) is 0 Å². The van der Waals surface area contributed by atoms with Gasteiger partial charge >= 0.3 is 0 Å². The van der Waals surface area contributed by atoms with Gasteiger partial charge in [0, 0.05) is 30.1 Å². The molecule has 2 spiro atoms. The molecular formula is C31H29F2N5O5. The monoisotopic (exact) mass is 589 g/mol. The van der Waals surface area contributed by atoms with Crippen LogP contribution in [0.2, 0.25) is 0 Å². The van der Waals surface area contributed by atoms with E-state index in [0.29, 0.717) is 37.6 Å². The molecule has 2 saturated heterocycles. The lowest BCUT2D eigenvalue weighted by Crippen LogP contribution is -2.69. The van der Waals surface area contributed by atoms with Crippen molar-refractivity contribution >= 4 is 29.2 Å². The van der Waals surface area contributed by atoms with E-state index in [0.717, 1.165) is 34.9 Å². The number of aromatic nitrogens is 1. The van der Waals surface area contributed by atoms with Crippen molar-refractivity contribution in [3.05, 3.63) is 88.6 Å². The number of rotatable bonds is 4. The fourth-order valence-corrected chi connectivity index (χ4v) is 6.72. The molecule has 4 heterocycles. The molecule has 0 radical (unpaired) electrons. The molecule has 1 aromatic heterocycles. The third-order valence-electron chi connectivity index (χ3n) is 8.80. The number of amides is 3. The number of nitrogens with zero attached hydrogens (tertiary/aromatic N) is 2. The summed E-state index contributed by atoms with van der Waals surface area (Å²) < 4.78 is 39.6. The Morgan fingerprint density at radius 1 is 1.02 bits per heavy atom. The number of fused-ring (bicyclic) bond motifs is 3. The standard InChI is InChI=1S/C31H29F2N5O5/c32-21-8-19(9-22(33)11-21)25-14-35-31(16-42-6-7-43-17-31)29(41)38(25)15-26(39)36-23-4-3-18-12-30(13-20(18)10-23)24-2-1-5-34-27(24)37-28(30)40/h1-5,8-11,25,35H,6-7,12-17H2,(H,36,39)(H,34,37,40)/t25-,30-/m0/s1. The molecule has 3 N–H and O–H groups in total.